The molecule has 0 fully saturated rings. The third-order valence-electron chi connectivity index (χ3n) is 4.66. The number of benzene rings is 1. The van der Waals surface area contributed by atoms with E-state index >= 15 is 0 Å². The van der Waals surface area contributed by atoms with Crippen LogP contribution in [0.25, 0.3) is 5.69 Å². The summed E-state index contributed by atoms with van der Waals surface area (Å²) in [4.78, 5) is 14.9. The zero-order valence-corrected chi connectivity index (χ0v) is 18.5. The fourth-order valence-corrected chi connectivity index (χ4v) is 3.21. The van der Waals surface area contributed by atoms with Crippen LogP contribution in [0.5, 0.6) is 5.88 Å². The third-order valence-corrected chi connectivity index (χ3v) is 4.66. The maximum Gasteiger partial charge on any atom is 0.436 e. The number of rotatable bonds is 3. The standard InChI is InChI=1S/C19H7F12N3O2.Mn/c1-5-8(13(35)9-6(17(23,24)25)3-2-4-7(9)18(26,27)28)16(36)34(33-5)12-10(20)14(19(29,30)31)32-15(22)11(12)21;/h2-4,36H,1H3;. The van der Waals surface area contributed by atoms with Crippen molar-refractivity contribution in [1.29, 1.82) is 0 Å². The van der Waals surface area contributed by atoms with E-state index < -0.39 is 91.8 Å². The van der Waals surface area contributed by atoms with Gasteiger partial charge in [0.1, 0.15) is 11.3 Å². The molecule has 0 saturated heterocycles. The van der Waals surface area contributed by atoms with Gasteiger partial charge in [0.15, 0.2) is 11.5 Å². The van der Waals surface area contributed by atoms with E-state index in [4.69, 9.17) is 0 Å². The van der Waals surface area contributed by atoms with Gasteiger partial charge in [-0.3, -0.25) is 4.79 Å². The predicted molar refractivity (Wildman–Crippen MR) is 92.5 cm³/mol. The van der Waals surface area contributed by atoms with Crippen molar-refractivity contribution in [2.75, 3.05) is 0 Å². The molecule has 201 valence electrons. The Kier molecular flexibility index (Phi) is 7.73. The van der Waals surface area contributed by atoms with E-state index in [0.717, 1.165) is 0 Å². The SMILES string of the molecule is Cc1nn(-c2c(F)c(F)nc(C(F)(F)F)c2F)c(O)c1C(=O)c1c(C(F)(F)F)cccc1C(F)(F)F.[Mn]. The summed E-state index contributed by atoms with van der Waals surface area (Å²) in [6, 6.07) is 0.542. The summed E-state index contributed by atoms with van der Waals surface area (Å²) >= 11 is 0. The van der Waals surface area contributed by atoms with Crippen molar-refractivity contribution in [1.82, 2.24) is 14.8 Å². The number of carbonyl (C=O) groups excluding carboxylic acids is 1. The molecular weight excluding hydrogens is 585 g/mol. The molecule has 0 spiro atoms. The Morgan fingerprint density at radius 2 is 1.32 bits per heavy atom. The van der Waals surface area contributed by atoms with Crippen LogP contribution in [0.4, 0.5) is 52.7 Å². The van der Waals surface area contributed by atoms with Gasteiger partial charge < -0.3 is 5.11 Å². The summed E-state index contributed by atoms with van der Waals surface area (Å²) in [5, 5.41) is 13.4. The molecule has 0 saturated carbocycles. The number of hydrogen-bond donors (Lipinski definition) is 1. The monoisotopic (exact) mass is 592 g/mol. The number of pyridine rings is 1. The van der Waals surface area contributed by atoms with Gasteiger partial charge in [-0.2, -0.15) is 58.1 Å². The molecule has 0 aliphatic rings. The van der Waals surface area contributed by atoms with Crippen LogP contribution < -0.4 is 0 Å². The number of halogens is 12. The van der Waals surface area contributed by atoms with Crippen LogP contribution in [-0.4, -0.2) is 25.7 Å². The number of carbonyl (C=O) groups is 1. The molecule has 0 unspecified atom stereocenters. The Bertz CT molecular complexity index is 1340. The molecule has 3 rings (SSSR count). The molecule has 0 aliphatic heterocycles. The van der Waals surface area contributed by atoms with Crippen LogP contribution in [0, 0.1) is 24.5 Å². The van der Waals surface area contributed by atoms with Crippen molar-refractivity contribution in [3.8, 4) is 11.6 Å². The number of aryl methyl sites for hydroxylation is 1. The second kappa shape index (κ2) is 9.55. The van der Waals surface area contributed by atoms with Crippen molar-refractivity contribution in [2.45, 2.75) is 25.5 Å². The van der Waals surface area contributed by atoms with Gasteiger partial charge in [-0.25, -0.2) is 9.37 Å². The first-order chi connectivity index (χ1) is 16.3. The second-order valence-electron chi connectivity index (χ2n) is 6.97. The zero-order chi connectivity index (χ0) is 27.5. The van der Waals surface area contributed by atoms with Crippen molar-refractivity contribution >= 4 is 5.78 Å². The van der Waals surface area contributed by atoms with Crippen molar-refractivity contribution < 1.29 is 79.7 Å². The minimum Gasteiger partial charge on any atom is -0.493 e. The van der Waals surface area contributed by atoms with Crippen LogP contribution in [0.1, 0.15) is 38.4 Å². The fourth-order valence-electron chi connectivity index (χ4n) is 3.21. The maximum atomic E-state index is 14.4. The summed E-state index contributed by atoms with van der Waals surface area (Å²) in [6.07, 6.45) is -16.8. The van der Waals surface area contributed by atoms with E-state index in [2.05, 4.69) is 10.1 Å². The van der Waals surface area contributed by atoms with Gasteiger partial charge >= 0.3 is 18.5 Å². The first-order valence-electron chi connectivity index (χ1n) is 9.01. The molecule has 2 heterocycles. The van der Waals surface area contributed by atoms with Gasteiger partial charge in [0.2, 0.25) is 17.5 Å². The van der Waals surface area contributed by atoms with Crippen molar-refractivity contribution in [3.63, 3.8) is 0 Å². The van der Waals surface area contributed by atoms with E-state index in [1.54, 1.807) is 0 Å². The van der Waals surface area contributed by atoms with Crippen LogP contribution >= 0.6 is 0 Å². The molecule has 1 aromatic carbocycles. The Labute approximate surface area is 207 Å². The number of nitrogens with zero attached hydrogens (tertiary/aromatic N) is 3. The van der Waals surface area contributed by atoms with E-state index in [9.17, 15) is 62.6 Å². The Hall–Kier alpha value is -3.27. The van der Waals surface area contributed by atoms with E-state index in [1.807, 2.05) is 0 Å². The normalized spacial score (nSPS) is 12.5. The van der Waals surface area contributed by atoms with Gasteiger partial charge in [-0.05, 0) is 19.1 Å². The minimum atomic E-state index is -5.71. The Morgan fingerprint density at radius 1 is 0.838 bits per heavy atom. The molecule has 0 amide bonds. The fraction of sp³-hybridized carbons (Fsp3) is 0.211. The molecule has 0 aliphatic carbocycles. The molecule has 0 atom stereocenters. The summed E-state index contributed by atoms with van der Waals surface area (Å²) in [6.45, 7) is 0.672. The van der Waals surface area contributed by atoms with Gasteiger partial charge in [0, 0.05) is 22.6 Å². The number of aromatic hydroxyl groups is 1. The molecule has 1 N–H and O–H groups in total. The molecule has 1 radical (unpaired) electrons. The molecule has 18 heteroatoms. The molecule has 37 heavy (non-hydrogen) atoms. The van der Waals surface area contributed by atoms with Crippen molar-refractivity contribution in [3.05, 3.63) is 69.4 Å². The van der Waals surface area contributed by atoms with Crippen LogP contribution in [0.15, 0.2) is 18.2 Å². The maximum absolute atomic E-state index is 14.4. The van der Waals surface area contributed by atoms with E-state index in [-0.39, 0.29) is 29.2 Å². The van der Waals surface area contributed by atoms with Crippen LogP contribution in [0.2, 0.25) is 0 Å². The van der Waals surface area contributed by atoms with E-state index in [1.165, 1.54) is 0 Å². The van der Waals surface area contributed by atoms with E-state index in [0.29, 0.717) is 13.0 Å². The van der Waals surface area contributed by atoms with Crippen LogP contribution in [-0.2, 0) is 35.6 Å². The molecule has 3 aromatic rings. The average Bonchev–Trinajstić information content (AvgIpc) is 3.01. The van der Waals surface area contributed by atoms with Crippen molar-refractivity contribution in [2.24, 2.45) is 0 Å². The first kappa shape index (κ1) is 30.0. The Morgan fingerprint density at radius 3 is 1.76 bits per heavy atom. The predicted octanol–water partition coefficient (Wildman–Crippen LogP) is 5.98. The number of alkyl halides is 9. The molecule has 2 aromatic heterocycles. The first-order valence-corrected chi connectivity index (χ1v) is 9.01. The third kappa shape index (κ3) is 5.25. The Balaban J connectivity index is 0.00000481. The second-order valence-corrected chi connectivity index (χ2v) is 6.97. The van der Waals surface area contributed by atoms with Gasteiger partial charge in [0.05, 0.1) is 16.8 Å². The summed E-state index contributed by atoms with van der Waals surface area (Å²) in [5.41, 5.74) is -13.4. The van der Waals surface area contributed by atoms with Gasteiger partial charge in [0.25, 0.3) is 5.95 Å². The van der Waals surface area contributed by atoms with Crippen LogP contribution in [0.3, 0.4) is 0 Å². The number of hydrogen-bond acceptors (Lipinski definition) is 4. The van der Waals surface area contributed by atoms with Gasteiger partial charge in [-0.15, -0.1) is 0 Å². The summed E-state index contributed by atoms with van der Waals surface area (Å²) in [5.74, 6) is -11.7. The summed E-state index contributed by atoms with van der Waals surface area (Å²) in [7, 11) is 0. The minimum absolute atomic E-state index is 0. The largest absolute Gasteiger partial charge is 0.493 e. The van der Waals surface area contributed by atoms with Gasteiger partial charge in [-0.1, -0.05) is 6.07 Å². The smallest absolute Gasteiger partial charge is 0.436 e. The molecular formula is C19H7F12MnN3O2. The summed E-state index contributed by atoms with van der Waals surface area (Å²) < 4.78 is 161. The average molecular weight is 592 g/mol. The quantitative estimate of drug-likeness (QED) is 0.176. The molecule has 5 nitrogen and oxygen atoms in total. The number of aromatic nitrogens is 3. The number of ketones is 1. The zero-order valence-electron chi connectivity index (χ0n) is 17.3. The topological polar surface area (TPSA) is 68.0 Å². The molecule has 0 bridgehead atoms.